The maximum absolute atomic E-state index is 5.93. The van der Waals surface area contributed by atoms with Crippen molar-refractivity contribution in [2.24, 2.45) is 0 Å². The van der Waals surface area contributed by atoms with E-state index in [1.54, 1.807) is 13.3 Å². The van der Waals surface area contributed by atoms with Crippen LogP contribution in [0.15, 0.2) is 30.5 Å². The van der Waals surface area contributed by atoms with E-state index in [9.17, 15) is 0 Å². The lowest BCUT2D eigenvalue weighted by atomic mass is 10.1. The molecule has 4 nitrogen and oxygen atoms in total. The minimum Gasteiger partial charge on any atom is -0.496 e. The third kappa shape index (κ3) is 2.70. The second-order valence-corrected chi connectivity index (χ2v) is 5.13. The summed E-state index contributed by atoms with van der Waals surface area (Å²) in [4.78, 5) is 4.36. The topological polar surface area (TPSA) is 43.4 Å². The number of pyridine rings is 1. The van der Waals surface area contributed by atoms with Crippen LogP contribution in [-0.4, -0.2) is 31.3 Å². The second-order valence-electron chi connectivity index (χ2n) is 5.13. The van der Waals surface area contributed by atoms with Crippen molar-refractivity contribution in [3.63, 3.8) is 0 Å². The van der Waals surface area contributed by atoms with Crippen LogP contribution in [0.25, 0.3) is 10.8 Å². The number of aromatic nitrogens is 1. The number of fused-ring (bicyclic) bond motifs is 1. The van der Waals surface area contributed by atoms with Crippen molar-refractivity contribution in [2.75, 3.05) is 20.3 Å². The molecule has 0 bridgehead atoms. The molecule has 1 saturated heterocycles. The van der Waals surface area contributed by atoms with Crippen molar-refractivity contribution >= 4 is 10.8 Å². The van der Waals surface area contributed by atoms with Crippen molar-refractivity contribution in [1.29, 1.82) is 0 Å². The van der Waals surface area contributed by atoms with E-state index >= 15 is 0 Å². The summed E-state index contributed by atoms with van der Waals surface area (Å²) in [7, 11) is 1.68. The highest BCUT2D eigenvalue weighted by Gasteiger charge is 2.14. The molecule has 0 saturated carbocycles. The number of hydrogen-bond donors (Lipinski definition) is 1. The summed E-state index contributed by atoms with van der Waals surface area (Å²) >= 11 is 0. The molecule has 1 aromatic heterocycles. The van der Waals surface area contributed by atoms with Gasteiger partial charge >= 0.3 is 0 Å². The highest BCUT2D eigenvalue weighted by atomic mass is 16.5. The van der Waals surface area contributed by atoms with Crippen molar-refractivity contribution in [3.8, 4) is 11.6 Å². The lowest BCUT2D eigenvalue weighted by molar-refractivity contribution is 0.234. The van der Waals surface area contributed by atoms with Gasteiger partial charge in [-0.15, -0.1) is 0 Å². The molecule has 1 aliphatic heterocycles. The Balaban J connectivity index is 1.80. The zero-order chi connectivity index (χ0) is 13.8. The number of rotatable bonds is 4. The summed E-state index contributed by atoms with van der Waals surface area (Å²) in [5, 5.41) is 5.52. The molecule has 3 rings (SSSR count). The van der Waals surface area contributed by atoms with E-state index < -0.39 is 0 Å². The Kier molecular flexibility index (Phi) is 4.02. The molecule has 2 heterocycles. The number of methoxy groups -OCH3 is 1. The first kappa shape index (κ1) is 13.2. The van der Waals surface area contributed by atoms with Gasteiger partial charge in [0, 0.05) is 23.0 Å². The molecule has 1 aliphatic rings. The van der Waals surface area contributed by atoms with Crippen molar-refractivity contribution in [1.82, 2.24) is 10.3 Å². The van der Waals surface area contributed by atoms with Crippen LogP contribution >= 0.6 is 0 Å². The molecule has 1 atom stereocenters. The summed E-state index contributed by atoms with van der Waals surface area (Å²) in [6.45, 7) is 1.76. The fraction of sp³-hybridized carbons (Fsp3) is 0.438. The van der Waals surface area contributed by atoms with Gasteiger partial charge in [0.05, 0.1) is 7.11 Å². The molecule has 0 amide bonds. The number of nitrogens with zero attached hydrogens (tertiary/aromatic N) is 1. The molecule has 1 N–H and O–H groups in total. The smallest absolute Gasteiger partial charge is 0.221 e. The Hall–Kier alpha value is -1.81. The zero-order valence-electron chi connectivity index (χ0n) is 11.8. The van der Waals surface area contributed by atoms with Crippen molar-refractivity contribution < 1.29 is 9.47 Å². The quantitative estimate of drug-likeness (QED) is 0.929. The van der Waals surface area contributed by atoms with Gasteiger partial charge in [-0.05, 0) is 37.6 Å². The van der Waals surface area contributed by atoms with Crippen LogP contribution in [0.5, 0.6) is 11.6 Å². The summed E-state index contributed by atoms with van der Waals surface area (Å²) in [6.07, 6.45) is 5.49. The number of benzene rings is 1. The SMILES string of the molecule is COc1cccc2c(OCC3CCCCN3)nccc12. The van der Waals surface area contributed by atoms with Gasteiger partial charge in [-0.3, -0.25) is 0 Å². The fourth-order valence-electron chi connectivity index (χ4n) is 2.69. The highest BCUT2D eigenvalue weighted by molar-refractivity contribution is 5.91. The molecule has 106 valence electrons. The van der Waals surface area contributed by atoms with Crippen LogP contribution in [0.2, 0.25) is 0 Å². The zero-order valence-corrected chi connectivity index (χ0v) is 11.8. The monoisotopic (exact) mass is 272 g/mol. The predicted octanol–water partition coefficient (Wildman–Crippen LogP) is 2.76. The van der Waals surface area contributed by atoms with Gasteiger partial charge in [0.1, 0.15) is 12.4 Å². The molecular weight excluding hydrogens is 252 g/mol. The molecule has 1 aromatic carbocycles. The van der Waals surface area contributed by atoms with Crippen LogP contribution in [0.3, 0.4) is 0 Å². The highest BCUT2D eigenvalue weighted by Crippen LogP contribution is 2.30. The minimum absolute atomic E-state index is 0.436. The maximum Gasteiger partial charge on any atom is 0.221 e. The first-order valence-electron chi connectivity index (χ1n) is 7.16. The Morgan fingerprint density at radius 1 is 1.25 bits per heavy atom. The standard InChI is InChI=1S/C16H20N2O2/c1-19-15-7-4-6-14-13(15)8-10-18-16(14)20-11-12-5-2-3-9-17-12/h4,6-8,10,12,17H,2-3,5,9,11H2,1H3. The van der Waals surface area contributed by atoms with E-state index in [-0.39, 0.29) is 0 Å². The van der Waals surface area contributed by atoms with Crippen LogP contribution in [0.4, 0.5) is 0 Å². The average molecular weight is 272 g/mol. The van der Waals surface area contributed by atoms with E-state index in [1.165, 1.54) is 19.3 Å². The average Bonchev–Trinajstić information content (AvgIpc) is 2.53. The summed E-state index contributed by atoms with van der Waals surface area (Å²) < 4.78 is 11.3. The van der Waals surface area contributed by atoms with Crippen LogP contribution in [-0.2, 0) is 0 Å². The number of ether oxygens (including phenoxy) is 2. The molecule has 2 aromatic rings. The minimum atomic E-state index is 0.436. The summed E-state index contributed by atoms with van der Waals surface area (Å²) in [5.74, 6) is 1.54. The van der Waals surface area contributed by atoms with E-state index in [0.717, 1.165) is 23.1 Å². The summed E-state index contributed by atoms with van der Waals surface area (Å²) in [5.41, 5.74) is 0. The molecule has 4 heteroatoms. The molecule has 1 unspecified atom stereocenters. The predicted molar refractivity (Wildman–Crippen MR) is 79.4 cm³/mol. The second kappa shape index (κ2) is 6.09. The number of nitrogens with one attached hydrogen (secondary N) is 1. The normalized spacial score (nSPS) is 18.9. The number of piperidine rings is 1. The molecule has 20 heavy (non-hydrogen) atoms. The maximum atomic E-state index is 5.93. The fourth-order valence-corrected chi connectivity index (χ4v) is 2.69. The van der Waals surface area contributed by atoms with Gasteiger partial charge in [-0.2, -0.15) is 0 Å². The van der Waals surface area contributed by atoms with E-state index in [1.807, 2.05) is 24.3 Å². The van der Waals surface area contributed by atoms with Gasteiger partial charge in [0.25, 0.3) is 0 Å². The van der Waals surface area contributed by atoms with Crippen LogP contribution in [0, 0.1) is 0 Å². The first-order valence-corrected chi connectivity index (χ1v) is 7.16. The number of hydrogen-bond acceptors (Lipinski definition) is 4. The Labute approximate surface area is 119 Å². The third-order valence-corrected chi connectivity index (χ3v) is 3.78. The molecule has 1 fully saturated rings. The van der Waals surface area contributed by atoms with E-state index in [0.29, 0.717) is 18.5 Å². The lowest BCUT2D eigenvalue weighted by Gasteiger charge is -2.23. The van der Waals surface area contributed by atoms with Gasteiger partial charge < -0.3 is 14.8 Å². The van der Waals surface area contributed by atoms with E-state index in [2.05, 4.69) is 10.3 Å². The van der Waals surface area contributed by atoms with Crippen molar-refractivity contribution in [3.05, 3.63) is 30.5 Å². The van der Waals surface area contributed by atoms with Crippen LogP contribution in [0.1, 0.15) is 19.3 Å². The van der Waals surface area contributed by atoms with Crippen molar-refractivity contribution in [2.45, 2.75) is 25.3 Å². The van der Waals surface area contributed by atoms with Gasteiger partial charge in [-0.25, -0.2) is 4.98 Å². The Morgan fingerprint density at radius 2 is 2.20 bits per heavy atom. The van der Waals surface area contributed by atoms with Gasteiger partial charge in [0.2, 0.25) is 5.88 Å². The largest absolute Gasteiger partial charge is 0.496 e. The van der Waals surface area contributed by atoms with Gasteiger partial charge in [-0.1, -0.05) is 12.5 Å². The molecular formula is C16H20N2O2. The van der Waals surface area contributed by atoms with Gasteiger partial charge in [0.15, 0.2) is 0 Å². The third-order valence-electron chi connectivity index (χ3n) is 3.78. The van der Waals surface area contributed by atoms with E-state index in [4.69, 9.17) is 9.47 Å². The van der Waals surface area contributed by atoms with Crippen LogP contribution < -0.4 is 14.8 Å². The lowest BCUT2D eigenvalue weighted by Crippen LogP contribution is -2.38. The molecule has 0 aliphatic carbocycles. The Bertz CT molecular complexity index is 580. The Morgan fingerprint density at radius 3 is 3.00 bits per heavy atom. The summed E-state index contributed by atoms with van der Waals surface area (Å²) in [6, 6.07) is 8.34. The molecule has 0 spiro atoms. The first-order chi connectivity index (χ1) is 9.88. The molecule has 0 radical (unpaired) electrons.